The van der Waals surface area contributed by atoms with Gasteiger partial charge < -0.3 is 10.1 Å². The molecule has 1 saturated heterocycles. The van der Waals surface area contributed by atoms with Gasteiger partial charge in [0.15, 0.2) is 0 Å². The molecule has 66 valence electrons. The molecule has 1 amide bonds. The van der Waals surface area contributed by atoms with Crippen LogP contribution in [-0.4, -0.2) is 25.5 Å². The number of esters is 1. The third-order valence-corrected chi connectivity index (χ3v) is 2.84. The number of hydrogen-bond donors (Lipinski definition) is 1. The number of nitrogens with one attached hydrogen (secondary N) is 1. The minimum Gasteiger partial charge on any atom is -0.468 e. The first kappa shape index (κ1) is 7.58. The molecular formula is C8H11NO3. The van der Waals surface area contributed by atoms with Crippen LogP contribution < -0.4 is 5.32 Å². The highest BCUT2D eigenvalue weighted by Crippen LogP contribution is 2.56. The fourth-order valence-electron chi connectivity index (χ4n) is 2.00. The molecule has 1 N–H and O–H groups in total. The number of rotatable bonds is 1. The lowest BCUT2D eigenvalue weighted by Gasteiger charge is -2.19. The van der Waals surface area contributed by atoms with Crippen molar-refractivity contribution in [1.29, 1.82) is 0 Å². The third-order valence-electron chi connectivity index (χ3n) is 2.84. The lowest BCUT2D eigenvalue weighted by atomic mass is 9.98. The SMILES string of the molecule is COC(=O)C12CC1CCNC2=O. The Hall–Kier alpha value is -1.06. The van der Waals surface area contributed by atoms with Crippen LogP contribution >= 0.6 is 0 Å². The van der Waals surface area contributed by atoms with E-state index in [1.165, 1.54) is 7.11 Å². The molecule has 2 atom stereocenters. The van der Waals surface area contributed by atoms with Gasteiger partial charge in [-0.05, 0) is 18.8 Å². The van der Waals surface area contributed by atoms with Gasteiger partial charge in [0.25, 0.3) is 0 Å². The Kier molecular flexibility index (Phi) is 1.40. The van der Waals surface area contributed by atoms with Crippen LogP contribution in [0.5, 0.6) is 0 Å². The van der Waals surface area contributed by atoms with Gasteiger partial charge in [0, 0.05) is 6.54 Å². The van der Waals surface area contributed by atoms with Crippen molar-refractivity contribution in [1.82, 2.24) is 5.32 Å². The van der Waals surface area contributed by atoms with E-state index in [9.17, 15) is 9.59 Å². The van der Waals surface area contributed by atoms with Crippen molar-refractivity contribution in [2.24, 2.45) is 11.3 Å². The standard InChI is InChI=1S/C8H11NO3/c1-12-7(11)8-4-5(8)2-3-9-6(8)10/h5H,2-4H2,1H3,(H,9,10). The minimum absolute atomic E-state index is 0.148. The average Bonchev–Trinajstić information content (AvgIpc) is 2.80. The van der Waals surface area contributed by atoms with Crippen molar-refractivity contribution >= 4 is 11.9 Å². The fraction of sp³-hybridized carbons (Fsp3) is 0.750. The van der Waals surface area contributed by atoms with E-state index in [-0.39, 0.29) is 17.8 Å². The summed E-state index contributed by atoms with van der Waals surface area (Å²) in [4.78, 5) is 22.6. The van der Waals surface area contributed by atoms with Crippen molar-refractivity contribution in [3.63, 3.8) is 0 Å². The lowest BCUT2D eigenvalue weighted by molar-refractivity contribution is -0.153. The number of ether oxygens (including phenoxy) is 1. The van der Waals surface area contributed by atoms with Crippen LogP contribution in [-0.2, 0) is 14.3 Å². The van der Waals surface area contributed by atoms with Crippen molar-refractivity contribution in [3.8, 4) is 0 Å². The predicted octanol–water partition coefficient (Wildman–Crippen LogP) is -0.314. The normalized spacial score (nSPS) is 38.1. The van der Waals surface area contributed by atoms with Gasteiger partial charge >= 0.3 is 5.97 Å². The summed E-state index contributed by atoms with van der Waals surface area (Å²) >= 11 is 0. The highest BCUT2D eigenvalue weighted by molar-refractivity contribution is 6.06. The van der Waals surface area contributed by atoms with Crippen LogP contribution in [0, 0.1) is 11.3 Å². The molecule has 2 aliphatic rings. The quantitative estimate of drug-likeness (QED) is 0.432. The second-order valence-electron chi connectivity index (χ2n) is 3.41. The molecule has 0 spiro atoms. The first-order chi connectivity index (χ1) is 5.71. The minimum atomic E-state index is -0.799. The molecule has 1 aliphatic heterocycles. The molecular weight excluding hydrogens is 158 g/mol. The van der Waals surface area contributed by atoms with Crippen molar-refractivity contribution in [2.45, 2.75) is 12.8 Å². The summed E-state index contributed by atoms with van der Waals surface area (Å²) in [6.45, 7) is 0.697. The van der Waals surface area contributed by atoms with Crippen LogP contribution in [0.1, 0.15) is 12.8 Å². The number of piperidine rings is 1. The molecule has 0 aromatic rings. The van der Waals surface area contributed by atoms with Gasteiger partial charge in [-0.15, -0.1) is 0 Å². The number of amides is 1. The van der Waals surface area contributed by atoms with Crippen molar-refractivity contribution in [2.75, 3.05) is 13.7 Å². The van der Waals surface area contributed by atoms with E-state index < -0.39 is 5.41 Å². The highest BCUT2D eigenvalue weighted by atomic mass is 16.5. The number of carbonyl (C=O) groups excluding carboxylic acids is 2. The Morgan fingerprint density at radius 1 is 1.75 bits per heavy atom. The molecule has 1 heterocycles. The van der Waals surface area contributed by atoms with Gasteiger partial charge in [-0.3, -0.25) is 9.59 Å². The summed E-state index contributed by atoms with van der Waals surface area (Å²) in [6, 6.07) is 0. The van der Waals surface area contributed by atoms with Crippen LogP contribution in [0.4, 0.5) is 0 Å². The smallest absolute Gasteiger partial charge is 0.321 e. The summed E-state index contributed by atoms with van der Waals surface area (Å²) in [5.74, 6) is -0.283. The maximum atomic E-state index is 11.3. The molecule has 4 heteroatoms. The Morgan fingerprint density at radius 2 is 2.50 bits per heavy atom. The van der Waals surface area contributed by atoms with Gasteiger partial charge in [0.05, 0.1) is 7.11 Å². The maximum absolute atomic E-state index is 11.3. The molecule has 0 bridgehead atoms. The summed E-state index contributed by atoms with van der Waals surface area (Å²) in [5.41, 5.74) is -0.799. The topological polar surface area (TPSA) is 55.4 Å². The van der Waals surface area contributed by atoms with Gasteiger partial charge in [-0.2, -0.15) is 0 Å². The van der Waals surface area contributed by atoms with Crippen molar-refractivity contribution in [3.05, 3.63) is 0 Å². The number of hydrogen-bond acceptors (Lipinski definition) is 3. The van der Waals surface area contributed by atoms with Crippen LogP contribution in [0.15, 0.2) is 0 Å². The molecule has 0 aromatic carbocycles. The second-order valence-corrected chi connectivity index (χ2v) is 3.41. The summed E-state index contributed by atoms with van der Waals surface area (Å²) < 4.78 is 4.61. The zero-order chi connectivity index (χ0) is 8.77. The maximum Gasteiger partial charge on any atom is 0.321 e. The molecule has 2 rings (SSSR count). The summed E-state index contributed by atoms with van der Waals surface area (Å²) in [7, 11) is 1.33. The number of fused-ring (bicyclic) bond motifs is 1. The van der Waals surface area contributed by atoms with E-state index >= 15 is 0 Å². The monoisotopic (exact) mass is 169 g/mol. The van der Waals surface area contributed by atoms with Crippen LogP contribution in [0.3, 0.4) is 0 Å². The van der Waals surface area contributed by atoms with Crippen LogP contribution in [0.25, 0.3) is 0 Å². The van der Waals surface area contributed by atoms with Crippen LogP contribution in [0.2, 0.25) is 0 Å². The molecule has 1 aliphatic carbocycles. The van der Waals surface area contributed by atoms with E-state index in [0.717, 1.165) is 6.42 Å². The zero-order valence-corrected chi connectivity index (χ0v) is 6.92. The van der Waals surface area contributed by atoms with Gasteiger partial charge in [-0.1, -0.05) is 0 Å². The Balaban J connectivity index is 2.21. The molecule has 0 radical (unpaired) electrons. The fourth-order valence-corrected chi connectivity index (χ4v) is 2.00. The number of carbonyl (C=O) groups is 2. The molecule has 2 unspecified atom stereocenters. The van der Waals surface area contributed by atoms with E-state index in [2.05, 4.69) is 10.1 Å². The Bertz CT molecular complexity index is 241. The Labute approximate surface area is 70.3 Å². The molecule has 0 aromatic heterocycles. The first-order valence-electron chi connectivity index (χ1n) is 4.08. The lowest BCUT2D eigenvalue weighted by Crippen LogP contribution is -2.43. The van der Waals surface area contributed by atoms with E-state index in [1.54, 1.807) is 0 Å². The third kappa shape index (κ3) is 0.722. The predicted molar refractivity (Wildman–Crippen MR) is 40.2 cm³/mol. The Morgan fingerprint density at radius 3 is 3.08 bits per heavy atom. The highest BCUT2D eigenvalue weighted by Gasteiger charge is 2.67. The van der Waals surface area contributed by atoms with Gasteiger partial charge in [-0.25, -0.2) is 0 Å². The molecule has 12 heavy (non-hydrogen) atoms. The first-order valence-corrected chi connectivity index (χ1v) is 4.08. The molecule has 4 nitrogen and oxygen atoms in total. The zero-order valence-electron chi connectivity index (χ0n) is 6.92. The largest absolute Gasteiger partial charge is 0.468 e. The van der Waals surface area contributed by atoms with E-state index in [4.69, 9.17) is 0 Å². The van der Waals surface area contributed by atoms with Gasteiger partial charge in [0.1, 0.15) is 5.41 Å². The molecule has 1 saturated carbocycles. The van der Waals surface area contributed by atoms with Crippen molar-refractivity contribution < 1.29 is 14.3 Å². The van der Waals surface area contributed by atoms with Gasteiger partial charge in [0.2, 0.25) is 5.91 Å². The summed E-state index contributed by atoms with van der Waals surface area (Å²) in [5, 5.41) is 2.69. The summed E-state index contributed by atoms with van der Waals surface area (Å²) in [6.07, 6.45) is 1.58. The molecule has 2 fully saturated rings. The van der Waals surface area contributed by atoms with E-state index in [0.29, 0.717) is 13.0 Å². The second kappa shape index (κ2) is 2.21. The number of methoxy groups -OCH3 is 1. The van der Waals surface area contributed by atoms with E-state index in [1.807, 2.05) is 0 Å². The average molecular weight is 169 g/mol.